The summed E-state index contributed by atoms with van der Waals surface area (Å²) in [7, 11) is -10.8. The van der Waals surface area contributed by atoms with Crippen molar-refractivity contribution in [3.8, 4) is 0 Å². The molecule has 0 aliphatic rings. The second kappa shape index (κ2) is 9.24. The van der Waals surface area contributed by atoms with Crippen molar-refractivity contribution in [2.45, 2.75) is 0 Å². The van der Waals surface area contributed by atoms with Crippen LogP contribution in [0.2, 0.25) is 0 Å². The van der Waals surface area contributed by atoms with E-state index in [0.717, 1.165) is 0 Å². The minimum absolute atomic E-state index is 0. The number of rotatable bonds is 0. The smallest absolute Gasteiger partial charge is 0.722 e. The van der Waals surface area contributed by atoms with E-state index in [1.54, 1.807) is 0 Å². The molecule has 0 fully saturated rings. The van der Waals surface area contributed by atoms with Crippen molar-refractivity contribution in [1.29, 1.82) is 0 Å². The summed E-state index contributed by atoms with van der Waals surface area (Å²) in [6, 6.07) is 0. The van der Waals surface area contributed by atoms with E-state index in [9.17, 15) is 7.77 Å². The molecule has 0 unspecified atom stereocenters. The first-order valence-corrected chi connectivity index (χ1v) is 3.93. The minimum atomic E-state index is -5.42. The van der Waals surface area contributed by atoms with E-state index in [0.29, 0.717) is 0 Å². The van der Waals surface area contributed by atoms with Gasteiger partial charge in [-0.2, -0.15) is 0 Å². The van der Waals surface area contributed by atoms with Crippen LogP contribution in [-0.2, 0) is 21.0 Å². The largest absolute Gasteiger partial charge is 1.00 e. The topological polar surface area (TPSA) is 114 Å². The van der Waals surface area contributed by atoms with Crippen molar-refractivity contribution in [2.75, 3.05) is 0 Å². The third kappa shape index (κ3) is 472. The van der Waals surface area contributed by atoms with E-state index in [-0.39, 0.29) is 59.1 Å². The molecule has 12 heavy (non-hydrogen) atoms. The van der Waals surface area contributed by atoms with E-state index < -0.39 is 21.0 Å². The maximum atomic E-state index is 10.1. The van der Waals surface area contributed by atoms with Gasteiger partial charge in [-0.25, -0.2) is 16.8 Å². The van der Waals surface area contributed by atoms with Crippen LogP contribution >= 0.6 is 0 Å². The summed E-state index contributed by atoms with van der Waals surface area (Å²) in [5, 5.41) is 0. The minimum Gasteiger partial charge on any atom is -0.722 e. The fourth-order valence-corrected chi connectivity index (χ4v) is 0. The summed E-state index contributed by atoms with van der Waals surface area (Å²) in [6.07, 6.45) is 0. The molecule has 6 nitrogen and oxygen atoms in total. The molecule has 0 amide bonds. The quantitative estimate of drug-likeness (QED) is 0.237. The summed E-state index contributed by atoms with van der Waals surface area (Å²) < 4.78 is 70.7. The molecule has 0 saturated carbocycles. The van der Waals surface area contributed by atoms with Crippen LogP contribution in [0, 0.1) is 0 Å². The van der Waals surface area contributed by atoms with E-state index in [2.05, 4.69) is 0 Å². The van der Waals surface area contributed by atoms with Crippen molar-refractivity contribution in [3.63, 3.8) is 0 Å². The normalized spacial score (nSPS) is 9.67. The molecule has 0 atom stereocenters. The summed E-state index contributed by atoms with van der Waals surface area (Å²) in [5.74, 6) is 0. The maximum absolute atomic E-state index is 10.1. The van der Waals surface area contributed by atoms with Gasteiger partial charge in [-0.05, 0) is 0 Å². The Hall–Kier alpha value is 1.68. The molecule has 64 valence electrons. The average molecular weight is 244 g/mol. The van der Waals surface area contributed by atoms with Crippen molar-refractivity contribution in [2.24, 2.45) is 0 Å². The maximum Gasteiger partial charge on any atom is 1.00 e. The van der Waals surface area contributed by atoms with Crippen LogP contribution in [0.1, 0.15) is 0 Å². The first-order chi connectivity index (χ1) is 4.00. The van der Waals surface area contributed by atoms with Crippen molar-refractivity contribution >= 4 is 21.0 Å². The Morgan fingerprint density at radius 1 is 0.750 bits per heavy atom. The Balaban J connectivity index is -0.0000000457. The molecule has 0 saturated heterocycles. The van der Waals surface area contributed by atoms with Crippen LogP contribution in [-0.4, -0.2) is 25.9 Å². The van der Waals surface area contributed by atoms with Gasteiger partial charge in [0.2, 0.25) is 0 Å². The van der Waals surface area contributed by atoms with Crippen molar-refractivity contribution in [3.05, 3.63) is 0 Å². The van der Waals surface area contributed by atoms with Gasteiger partial charge in [0.05, 0.1) is 0 Å². The zero-order chi connectivity index (χ0) is 9.00. The molecule has 12 heteroatoms. The number of hydrogen-bond donors (Lipinski definition) is 0. The monoisotopic (exact) mass is 244 g/mol. The average Bonchev–Trinajstić information content (AvgIpc) is 1.12. The molecular formula is F2Na2O6S2. The van der Waals surface area contributed by atoms with Crippen LogP contribution < -0.4 is 59.1 Å². The molecule has 0 spiro atoms. The number of halogens is 2. The predicted molar refractivity (Wildman–Crippen MR) is 21.6 cm³/mol. The molecule has 0 rings (SSSR count). The Labute approximate surface area is 112 Å². The van der Waals surface area contributed by atoms with Crippen LogP contribution in [0.25, 0.3) is 0 Å². The summed E-state index contributed by atoms with van der Waals surface area (Å²) in [6.45, 7) is 0. The van der Waals surface area contributed by atoms with Gasteiger partial charge < -0.3 is 9.11 Å². The van der Waals surface area contributed by atoms with Gasteiger partial charge >= 0.3 is 59.1 Å². The van der Waals surface area contributed by atoms with Crippen molar-refractivity contribution < 1.29 is 92.8 Å². The van der Waals surface area contributed by atoms with Gasteiger partial charge in [-0.15, -0.1) is 7.77 Å². The zero-order valence-electron chi connectivity index (χ0n) is 6.02. The zero-order valence-corrected chi connectivity index (χ0v) is 11.7. The fraction of sp³-hybridized carbons (Fsp3) is 0. The van der Waals surface area contributed by atoms with Gasteiger partial charge in [-0.1, -0.05) is 0 Å². The summed E-state index contributed by atoms with van der Waals surface area (Å²) >= 11 is 0. The third-order valence-corrected chi connectivity index (χ3v) is 0. The van der Waals surface area contributed by atoms with Gasteiger partial charge in [0.1, 0.15) is 0 Å². The molecule has 0 aromatic heterocycles. The predicted octanol–water partition coefficient (Wildman–Crippen LogP) is -7.16. The molecule has 0 N–H and O–H groups in total. The van der Waals surface area contributed by atoms with E-state index in [4.69, 9.17) is 25.9 Å². The van der Waals surface area contributed by atoms with Crippen LogP contribution in [0.5, 0.6) is 0 Å². The van der Waals surface area contributed by atoms with E-state index >= 15 is 0 Å². The van der Waals surface area contributed by atoms with Gasteiger partial charge in [-0.3, -0.25) is 0 Å². The Kier molecular flexibility index (Phi) is 18.1. The van der Waals surface area contributed by atoms with Crippen LogP contribution in [0.3, 0.4) is 0 Å². The van der Waals surface area contributed by atoms with Gasteiger partial charge in [0, 0.05) is 0 Å². The third-order valence-electron chi connectivity index (χ3n) is 0. The summed E-state index contributed by atoms with van der Waals surface area (Å²) in [5.41, 5.74) is 0. The van der Waals surface area contributed by atoms with E-state index in [1.807, 2.05) is 0 Å². The standard InChI is InChI=1S/2FHO3S.2Na/c2*1-5(2,3)4;;/h2*(H,2,3,4);;/q;;2*+1/p-2. The molecule has 0 aliphatic heterocycles. The molecular weight excluding hydrogens is 244 g/mol. The molecule has 0 aliphatic carbocycles. The number of hydrogen-bond acceptors (Lipinski definition) is 6. The second-order valence-corrected chi connectivity index (χ2v) is 2.36. The van der Waals surface area contributed by atoms with Gasteiger partial charge in [0.15, 0.2) is 0 Å². The van der Waals surface area contributed by atoms with Crippen LogP contribution in [0.15, 0.2) is 0 Å². The Morgan fingerprint density at radius 2 is 0.750 bits per heavy atom. The molecule has 0 heterocycles. The fourth-order valence-electron chi connectivity index (χ4n) is 0. The Morgan fingerprint density at radius 3 is 0.750 bits per heavy atom. The molecule has 0 bridgehead atoms. The Bertz CT molecular complexity index is 218. The first kappa shape index (κ1) is 23.5. The SMILES string of the molecule is O=S(=O)([O-])F.O=S(=O)([O-])F.[Na+].[Na+]. The van der Waals surface area contributed by atoms with Crippen molar-refractivity contribution in [1.82, 2.24) is 0 Å². The first-order valence-electron chi connectivity index (χ1n) is 1.31. The van der Waals surface area contributed by atoms with Gasteiger partial charge in [0.25, 0.3) is 21.0 Å². The molecule has 0 radical (unpaired) electrons. The molecule has 0 aromatic carbocycles. The van der Waals surface area contributed by atoms with Crippen LogP contribution in [0.4, 0.5) is 7.77 Å². The second-order valence-electron chi connectivity index (χ2n) is 0.786. The summed E-state index contributed by atoms with van der Waals surface area (Å²) in [4.78, 5) is 0. The molecule has 0 aromatic rings. The van der Waals surface area contributed by atoms with E-state index in [1.165, 1.54) is 0 Å².